The van der Waals surface area contributed by atoms with Gasteiger partial charge in [0.25, 0.3) is 0 Å². The topological polar surface area (TPSA) is 61.7 Å². The predicted molar refractivity (Wildman–Crippen MR) is 74.8 cm³/mol. The number of nitrogens with one attached hydrogen (secondary N) is 1. The first kappa shape index (κ1) is 14.6. The van der Waals surface area contributed by atoms with Crippen LogP contribution in [0.25, 0.3) is 0 Å². The maximum atomic E-state index is 11.6. The first-order valence-corrected chi connectivity index (χ1v) is 6.81. The van der Waals surface area contributed by atoms with Crippen LogP contribution in [-0.2, 0) is 10.5 Å². The summed E-state index contributed by atoms with van der Waals surface area (Å²) in [5.41, 5.74) is 1.13. The van der Waals surface area contributed by atoms with E-state index in [2.05, 4.69) is 10.5 Å². The number of carbonyl (C=O) groups excluding carboxylic acids is 1. The highest BCUT2D eigenvalue weighted by atomic mass is 32.2. The molecule has 98 valence electrons. The van der Waals surface area contributed by atoms with Gasteiger partial charge >= 0.3 is 0 Å². The Balaban J connectivity index is 2.65. The van der Waals surface area contributed by atoms with Gasteiger partial charge in [-0.2, -0.15) is 0 Å². The minimum Gasteiger partial charge on any atom is -0.410 e. The largest absolute Gasteiger partial charge is 0.410 e. The molecule has 0 saturated heterocycles. The van der Waals surface area contributed by atoms with Crippen LogP contribution in [0.15, 0.2) is 35.5 Å². The van der Waals surface area contributed by atoms with E-state index in [1.54, 1.807) is 7.05 Å². The van der Waals surface area contributed by atoms with Gasteiger partial charge in [0, 0.05) is 12.8 Å². The fraction of sp³-hybridized carbons (Fsp3) is 0.385. The van der Waals surface area contributed by atoms with E-state index in [9.17, 15) is 4.79 Å². The summed E-state index contributed by atoms with van der Waals surface area (Å²) in [6.45, 7) is 1.90. The van der Waals surface area contributed by atoms with Crippen molar-refractivity contribution in [1.82, 2.24) is 5.32 Å². The molecule has 0 fully saturated rings. The molecule has 5 heteroatoms. The maximum absolute atomic E-state index is 11.6. The van der Waals surface area contributed by atoms with Crippen LogP contribution in [0.3, 0.4) is 0 Å². The number of oxime groups is 1. The van der Waals surface area contributed by atoms with Gasteiger partial charge < -0.3 is 10.5 Å². The monoisotopic (exact) mass is 266 g/mol. The number of nitrogens with zero attached hydrogens (tertiary/aromatic N) is 1. The van der Waals surface area contributed by atoms with Crippen molar-refractivity contribution in [3.8, 4) is 0 Å². The van der Waals surface area contributed by atoms with E-state index in [0.29, 0.717) is 17.2 Å². The predicted octanol–water partition coefficient (Wildman–Crippen LogP) is 2.48. The first-order valence-electron chi connectivity index (χ1n) is 5.83. The molecule has 0 aliphatic rings. The zero-order chi connectivity index (χ0) is 13.4. The summed E-state index contributed by atoms with van der Waals surface area (Å²) in [6, 6.07) is 9.88. The smallest absolute Gasteiger partial charge is 0.229 e. The van der Waals surface area contributed by atoms with Gasteiger partial charge in [-0.1, -0.05) is 42.4 Å². The summed E-state index contributed by atoms with van der Waals surface area (Å²) < 4.78 is 0. The van der Waals surface area contributed by atoms with Gasteiger partial charge in [-0.25, -0.2) is 0 Å². The lowest BCUT2D eigenvalue weighted by Crippen LogP contribution is -2.31. The molecular formula is C13H18N2O2S. The zero-order valence-electron chi connectivity index (χ0n) is 10.6. The van der Waals surface area contributed by atoms with Crippen LogP contribution in [0.5, 0.6) is 0 Å². The van der Waals surface area contributed by atoms with E-state index in [0.717, 1.165) is 5.56 Å². The Morgan fingerprint density at radius 1 is 1.44 bits per heavy atom. The molecule has 2 N–H and O–H groups in total. The molecule has 0 aliphatic heterocycles. The van der Waals surface area contributed by atoms with E-state index in [1.165, 1.54) is 11.8 Å². The van der Waals surface area contributed by atoms with Crippen molar-refractivity contribution < 1.29 is 10.0 Å². The third-order valence-electron chi connectivity index (χ3n) is 2.60. The summed E-state index contributed by atoms with van der Waals surface area (Å²) in [7, 11) is 1.59. The molecule has 1 aromatic rings. The summed E-state index contributed by atoms with van der Waals surface area (Å²) in [4.78, 5) is 11.6. The minimum absolute atomic E-state index is 0.120. The molecule has 0 aromatic heterocycles. The first-order chi connectivity index (χ1) is 8.72. The lowest BCUT2D eigenvalue weighted by atomic mass is 10.1. The van der Waals surface area contributed by atoms with Crippen molar-refractivity contribution >= 4 is 22.7 Å². The SMILES string of the molecule is CCC(C(=O)NC)C(=NO)SCc1ccccc1. The molecule has 0 saturated carbocycles. The van der Waals surface area contributed by atoms with Gasteiger partial charge in [-0.15, -0.1) is 11.8 Å². The molecule has 0 radical (unpaired) electrons. The van der Waals surface area contributed by atoms with Crippen LogP contribution in [0.4, 0.5) is 0 Å². The molecule has 1 atom stereocenters. The molecule has 4 nitrogen and oxygen atoms in total. The number of hydrogen-bond donors (Lipinski definition) is 2. The Morgan fingerprint density at radius 3 is 2.61 bits per heavy atom. The molecule has 1 aromatic carbocycles. The van der Waals surface area contributed by atoms with E-state index in [-0.39, 0.29) is 11.8 Å². The van der Waals surface area contributed by atoms with Crippen LogP contribution in [0, 0.1) is 5.92 Å². The molecule has 1 amide bonds. The second-order valence-corrected chi connectivity index (χ2v) is 4.78. The molecular weight excluding hydrogens is 248 g/mol. The van der Waals surface area contributed by atoms with Crippen LogP contribution in [-0.4, -0.2) is 23.2 Å². The fourth-order valence-electron chi connectivity index (χ4n) is 1.58. The van der Waals surface area contributed by atoms with Crippen LogP contribution >= 0.6 is 11.8 Å². The summed E-state index contributed by atoms with van der Waals surface area (Å²) in [6.07, 6.45) is 0.612. The number of hydrogen-bond acceptors (Lipinski definition) is 4. The van der Waals surface area contributed by atoms with Gasteiger partial charge in [-0.05, 0) is 12.0 Å². The van der Waals surface area contributed by atoms with Gasteiger partial charge in [0.15, 0.2) is 0 Å². The van der Waals surface area contributed by atoms with Crippen LogP contribution in [0.1, 0.15) is 18.9 Å². The molecule has 0 spiro atoms. The van der Waals surface area contributed by atoms with Gasteiger partial charge in [0.2, 0.25) is 5.91 Å². The van der Waals surface area contributed by atoms with Crippen molar-refractivity contribution in [3.63, 3.8) is 0 Å². The minimum atomic E-state index is -0.381. The van der Waals surface area contributed by atoms with Crippen molar-refractivity contribution in [2.75, 3.05) is 7.05 Å². The number of benzene rings is 1. The van der Waals surface area contributed by atoms with Gasteiger partial charge in [0.05, 0.1) is 5.92 Å². The lowest BCUT2D eigenvalue weighted by molar-refractivity contribution is -0.122. The van der Waals surface area contributed by atoms with Gasteiger partial charge in [-0.3, -0.25) is 4.79 Å². The third kappa shape index (κ3) is 4.07. The second-order valence-electron chi connectivity index (χ2n) is 3.79. The molecule has 0 aliphatic carbocycles. The number of carbonyl (C=O) groups is 1. The highest BCUT2D eigenvalue weighted by molar-refractivity contribution is 8.13. The molecule has 0 heterocycles. The lowest BCUT2D eigenvalue weighted by Gasteiger charge is -2.14. The van der Waals surface area contributed by atoms with E-state index >= 15 is 0 Å². The van der Waals surface area contributed by atoms with Crippen LogP contribution in [0.2, 0.25) is 0 Å². The van der Waals surface area contributed by atoms with E-state index < -0.39 is 0 Å². The van der Waals surface area contributed by atoms with E-state index in [1.807, 2.05) is 37.3 Å². The fourth-order valence-corrected chi connectivity index (χ4v) is 2.62. The van der Waals surface area contributed by atoms with Crippen molar-refractivity contribution in [2.45, 2.75) is 19.1 Å². The zero-order valence-corrected chi connectivity index (χ0v) is 11.4. The Morgan fingerprint density at radius 2 is 2.11 bits per heavy atom. The molecule has 0 bridgehead atoms. The van der Waals surface area contributed by atoms with Crippen molar-refractivity contribution in [3.05, 3.63) is 35.9 Å². The Bertz CT molecular complexity index is 407. The molecule has 1 rings (SSSR count). The Kier molecular flexibility index (Phi) is 6.28. The third-order valence-corrected chi connectivity index (χ3v) is 3.74. The van der Waals surface area contributed by atoms with Crippen molar-refractivity contribution in [1.29, 1.82) is 0 Å². The highest BCUT2D eigenvalue weighted by Crippen LogP contribution is 2.21. The Labute approximate surface area is 111 Å². The van der Waals surface area contributed by atoms with Crippen LogP contribution < -0.4 is 5.32 Å². The summed E-state index contributed by atoms with van der Waals surface area (Å²) >= 11 is 1.39. The normalized spacial score (nSPS) is 13.1. The summed E-state index contributed by atoms with van der Waals surface area (Å²) in [5, 5.41) is 15.3. The molecule has 18 heavy (non-hydrogen) atoms. The average Bonchev–Trinajstić information content (AvgIpc) is 2.43. The quantitative estimate of drug-likeness (QED) is 0.372. The Hall–Kier alpha value is -1.49. The average molecular weight is 266 g/mol. The number of thioether (sulfide) groups is 1. The number of rotatable bonds is 5. The van der Waals surface area contributed by atoms with Gasteiger partial charge in [0.1, 0.15) is 5.04 Å². The second kappa shape index (κ2) is 7.76. The standard InChI is InChI=1S/C13H18N2O2S/c1-3-11(12(16)14-2)13(15-17)18-9-10-7-5-4-6-8-10/h4-8,11,17H,3,9H2,1-2H3,(H,14,16). The maximum Gasteiger partial charge on any atom is 0.229 e. The highest BCUT2D eigenvalue weighted by Gasteiger charge is 2.22. The van der Waals surface area contributed by atoms with E-state index in [4.69, 9.17) is 5.21 Å². The number of amides is 1. The van der Waals surface area contributed by atoms with Crippen molar-refractivity contribution in [2.24, 2.45) is 11.1 Å². The summed E-state index contributed by atoms with van der Waals surface area (Å²) in [5.74, 6) is 0.188. The molecule has 1 unspecified atom stereocenters.